The molecule has 0 aliphatic rings. The molecule has 0 bridgehead atoms. The van der Waals surface area contributed by atoms with Crippen molar-refractivity contribution in [3.63, 3.8) is 0 Å². The van der Waals surface area contributed by atoms with E-state index in [1.165, 1.54) is 11.3 Å². The van der Waals surface area contributed by atoms with Crippen LogP contribution in [-0.4, -0.2) is 28.1 Å². The summed E-state index contributed by atoms with van der Waals surface area (Å²) in [6, 6.07) is 2.12. The molecule has 0 fully saturated rings. The number of hydrogen-bond acceptors (Lipinski definition) is 5. The molecule has 28 heavy (non-hydrogen) atoms. The summed E-state index contributed by atoms with van der Waals surface area (Å²) in [5, 5.41) is 14.2. The summed E-state index contributed by atoms with van der Waals surface area (Å²) in [5.74, 6) is -2.42. The first-order chi connectivity index (χ1) is 13.3. The van der Waals surface area contributed by atoms with E-state index < -0.39 is 29.5 Å². The van der Waals surface area contributed by atoms with E-state index in [0.717, 1.165) is 23.8 Å². The van der Waals surface area contributed by atoms with Crippen LogP contribution in [0.5, 0.6) is 0 Å². The van der Waals surface area contributed by atoms with Gasteiger partial charge in [-0.05, 0) is 43.5 Å². The van der Waals surface area contributed by atoms with Gasteiger partial charge >= 0.3 is 0 Å². The third-order valence-electron chi connectivity index (χ3n) is 3.94. The molecule has 2 amide bonds. The van der Waals surface area contributed by atoms with Gasteiger partial charge in [-0.25, -0.2) is 8.78 Å². The van der Waals surface area contributed by atoms with Gasteiger partial charge in [0.15, 0.2) is 0 Å². The standard InChI is InChI=1S/C19H22F2N4O2S/c1-4-6-15(17(27)23-19-25-24-18(28-19)11(3)5-2)22-16(26)9-12-7-13(20)10-14(21)8-12/h5,7-8,10,15H,4,6,9H2,1-3H3,(H,22,26)(H,23,25,27)/b11-5+. The molecule has 0 aliphatic carbocycles. The van der Waals surface area contributed by atoms with Crippen molar-refractivity contribution in [1.29, 1.82) is 0 Å². The van der Waals surface area contributed by atoms with Crippen LogP contribution in [0.4, 0.5) is 13.9 Å². The van der Waals surface area contributed by atoms with E-state index in [9.17, 15) is 18.4 Å². The fraction of sp³-hybridized carbons (Fsp3) is 0.368. The maximum atomic E-state index is 13.3. The predicted octanol–water partition coefficient (Wildman–Crippen LogP) is 3.71. The Bertz CT molecular complexity index is 862. The number of hydrogen-bond donors (Lipinski definition) is 2. The molecule has 1 unspecified atom stereocenters. The van der Waals surface area contributed by atoms with Crippen LogP contribution in [0.3, 0.4) is 0 Å². The number of carbonyl (C=O) groups excluding carboxylic acids is 2. The van der Waals surface area contributed by atoms with Crippen LogP contribution in [0, 0.1) is 11.6 Å². The molecule has 0 spiro atoms. The van der Waals surface area contributed by atoms with Crippen LogP contribution in [0.25, 0.3) is 5.57 Å². The number of nitrogens with zero attached hydrogens (tertiary/aromatic N) is 2. The number of aromatic nitrogens is 2. The molecule has 0 radical (unpaired) electrons. The van der Waals surface area contributed by atoms with E-state index >= 15 is 0 Å². The summed E-state index contributed by atoms with van der Waals surface area (Å²) in [4.78, 5) is 24.8. The number of anilines is 1. The van der Waals surface area contributed by atoms with E-state index in [1.807, 2.05) is 26.8 Å². The highest BCUT2D eigenvalue weighted by Crippen LogP contribution is 2.22. The highest BCUT2D eigenvalue weighted by Gasteiger charge is 2.21. The molecule has 150 valence electrons. The zero-order valence-corrected chi connectivity index (χ0v) is 16.7. The Morgan fingerprint density at radius 1 is 1.21 bits per heavy atom. The monoisotopic (exact) mass is 408 g/mol. The topological polar surface area (TPSA) is 84.0 Å². The molecule has 1 aromatic heterocycles. The zero-order chi connectivity index (χ0) is 20.7. The van der Waals surface area contributed by atoms with E-state index in [-0.39, 0.29) is 12.0 Å². The molecular formula is C19H22F2N4O2S. The number of benzene rings is 1. The fourth-order valence-corrected chi connectivity index (χ4v) is 3.23. The first-order valence-electron chi connectivity index (χ1n) is 8.84. The number of amides is 2. The maximum Gasteiger partial charge on any atom is 0.248 e. The lowest BCUT2D eigenvalue weighted by Gasteiger charge is -2.17. The summed E-state index contributed by atoms with van der Waals surface area (Å²) in [6.07, 6.45) is 2.73. The number of rotatable bonds is 8. The first-order valence-corrected chi connectivity index (χ1v) is 9.66. The summed E-state index contributed by atoms with van der Waals surface area (Å²) < 4.78 is 26.5. The molecule has 0 saturated carbocycles. The van der Waals surface area contributed by atoms with Crippen LogP contribution < -0.4 is 10.6 Å². The second-order valence-corrected chi connectivity index (χ2v) is 7.21. The van der Waals surface area contributed by atoms with E-state index in [0.29, 0.717) is 23.0 Å². The summed E-state index contributed by atoms with van der Waals surface area (Å²) in [6.45, 7) is 5.65. The molecule has 9 heteroatoms. The van der Waals surface area contributed by atoms with Crippen molar-refractivity contribution in [3.05, 3.63) is 46.5 Å². The lowest BCUT2D eigenvalue weighted by atomic mass is 10.1. The SMILES string of the molecule is C/C=C(\C)c1nnc(NC(=O)C(CCC)NC(=O)Cc2cc(F)cc(F)c2)s1. The maximum absolute atomic E-state index is 13.3. The first kappa shape index (κ1) is 21.6. The predicted molar refractivity (Wildman–Crippen MR) is 105 cm³/mol. The van der Waals surface area contributed by atoms with Crippen molar-refractivity contribution in [1.82, 2.24) is 15.5 Å². The van der Waals surface area contributed by atoms with Gasteiger partial charge in [-0.3, -0.25) is 14.9 Å². The van der Waals surface area contributed by atoms with Crippen molar-refractivity contribution in [2.45, 2.75) is 46.1 Å². The van der Waals surface area contributed by atoms with Gasteiger partial charge in [0.2, 0.25) is 16.9 Å². The van der Waals surface area contributed by atoms with Crippen molar-refractivity contribution in [2.75, 3.05) is 5.32 Å². The second kappa shape index (κ2) is 10.0. The van der Waals surface area contributed by atoms with Crippen molar-refractivity contribution in [2.24, 2.45) is 0 Å². The number of allylic oxidation sites excluding steroid dienone is 2. The smallest absolute Gasteiger partial charge is 0.248 e. The Morgan fingerprint density at radius 2 is 1.89 bits per heavy atom. The Balaban J connectivity index is 2.01. The molecule has 0 saturated heterocycles. The van der Waals surface area contributed by atoms with Crippen LogP contribution in [0.2, 0.25) is 0 Å². The minimum absolute atomic E-state index is 0.196. The van der Waals surface area contributed by atoms with Crippen molar-refractivity contribution >= 4 is 33.9 Å². The van der Waals surface area contributed by atoms with Gasteiger partial charge in [0.1, 0.15) is 22.7 Å². The molecular weight excluding hydrogens is 386 g/mol. The minimum Gasteiger partial charge on any atom is -0.344 e. The van der Waals surface area contributed by atoms with Crippen molar-refractivity contribution in [3.8, 4) is 0 Å². The fourth-order valence-electron chi connectivity index (χ4n) is 2.45. The normalized spacial score (nSPS) is 12.5. The third kappa shape index (κ3) is 6.19. The number of carbonyl (C=O) groups is 2. The number of nitrogens with one attached hydrogen (secondary N) is 2. The van der Waals surface area contributed by atoms with Crippen LogP contribution in [0.1, 0.15) is 44.2 Å². The van der Waals surface area contributed by atoms with Gasteiger partial charge in [0, 0.05) is 6.07 Å². The van der Waals surface area contributed by atoms with E-state index in [1.54, 1.807) is 0 Å². The average molecular weight is 408 g/mol. The Kier molecular flexibility index (Phi) is 7.74. The summed E-state index contributed by atoms with van der Waals surface area (Å²) >= 11 is 1.24. The van der Waals surface area contributed by atoms with Crippen LogP contribution >= 0.6 is 11.3 Å². The van der Waals surface area contributed by atoms with Gasteiger partial charge in [-0.2, -0.15) is 0 Å². The molecule has 2 N–H and O–H groups in total. The van der Waals surface area contributed by atoms with Gasteiger partial charge in [-0.15, -0.1) is 10.2 Å². The molecule has 1 atom stereocenters. The Morgan fingerprint density at radius 3 is 2.50 bits per heavy atom. The van der Waals surface area contributed by atoms with Crippen LogP contribution in [0.15, 0.2) is 24.3 Å². The Labute approximate surface area is 166 Å². The van der Waals surface area contributed by atoms with Gasteiger partial charge in [-0.1, -0.05) is 30.8 Å². The van der Waals surface area contributed by atoms with Gasteiger partial charge in [0.05, 0.1) is 6.42 Å². The second-order valence-electron chi connectivity index (χ2n) is 6.24. The quantitative estimate of drug-likeness (QED) is 0.698. The third-order valence-corrected chi connectivity index (χ3v) is 4.92. The molecule has 2 aromatic rings. The highest BCUT2D eigenvalue weighted by molar-refractivity contribution is 7.16. The molecule has 1 aromatic carbocycles. The molecule has 0 aliphatic heterocycles. The van der Waals surface area contributed by atoms with E-state index in [2.05, 4.69) is 20.8 Å². The lowest BCUT2D eigenvalue weighted by Crippen LogP contribution is -2.44. The highest BCUT2D eigenvalue weighted by atomic mass is 32.1. The zero-order valence-electron chi connectivity index (χ0n) is 15.9. The summed E-state index contributed by atoms with van der Waals surface area (Å²) in [5.41, 5.74) is 1.14. The number of halogens is 2. The van der Waals surface area contributed by atoms with Crippen molar-refractivity contribution < 1.29 is 18.4 Å². The largest absolute Gasteiger partial charge is 0.344 e. The minimum atomic E-state index is -0.786. The average Bonchev–Trinajstić information content (AvgIpc) is 3.08. The Hall–Kier alpha value is -2.68. The molecule has 6 nitrogen and oxygen atoms in total. The van der Waals surface area contributed by atoms with Crippen LogP contribution in [-0.2, 0) is 16.0 Å². The molecule has 2 rings (SSSR count). The van der Waals surface area contributed by atoms with E-state index in [4.69, 9.17) is 0 Å². The van der Waals surface area contributed by atoms with Gasteiger partial charge < -0.3 is 5.32 Å². The molecule has 1 heterocycles. The summed E-state index contributed by atoms with van der Waals surface area (Å²) in [7, 11) is 0. The lowest BCUT2D eigenvalue weighted by molar-refractivity contribution is -0.126. The van der Waals surface area contributed by atoms with Gasteiger partial charge in [0.25, 0.3) is 0 Å².